The summed E-state index contributed by atoms with van der Waals surface area (Å²) in [4.78, 5) is 20.5. The highest BCUT2D eigenvalue weighted by molar-refractivity contribution is 7.98. The quantitative estimate of drug-likeness (QED) is 0.870. The summed E-state index contributed by atoms with van der Waals surface area (Å²) in [6.07, 6.45) is 1.70. The fourth-order valence-corrected chi connectivity index (χ4v) is 3.80. The molecule has 2 aromatic heterocycles. The molecule has 7 heteroatoms. The smallest absolute Gasteiger partial charge is 0.338 e. The van der Waals surface area contributed by atoms with Gasteiger partial charge < -0.3 is 5.11 Å². The summed E-state index contributed by atoms with van der Waals surface area (Å²) >= 11 is 8.54. The van der Waals surface area contributed by atoms with Crippen molar-refractivity contribution in [3.05, 3.63) is 38.4 Å². The Balaban J connectivity index is 2.26. The van der Waals surface area contributed by atoms with Crippen LogP contribution in [-0.4, -0.2) is 21.0 Å². The third-order valence-electron chi connectivity index (χ3n) is 2.40. The lowest BCUT2D eigenvalue weighted by atomic mass is 10.1. The molecule has 0 spiro atoms. The van der Waals surface area contributed by atoms with E-state index < -0.39 is 5.97 Å². The fourth-order valence-electron chi connectivity index (χ4n) is 1.66. The molecule has 0 unspecified atom stereocenters. The first kappa shape index (κ1) is 14.3. The molecule has 2 heterocycles. The van der Waals surface area contributed by atoms with E-state index in [2.05, 4.69) is 9.97 Å². The van der Waals surface area contributed by atoms with Crippen LogP contribution in [0.1, 0.15) is 26.5 Å². The maximum absolute atomic E-state index is 11.3. The Morgan fingerprint density at radius 2 is 2.26 bits per heavy atom. The van der Waals surface area contributed by atoms with Gasteiger partial charge in [-0.25, -0.2) is 14.8 Å². The number of thioether (sulfide) groups is 1. The second kappa shape index (κ2) is 5.90. The van der Waals surface area contributed by atoms with Gasteiger partial charge in [0.2, 0.25) is 0 Å². The van der Waals surface area contributed by atoms with Gasteiger partial charge in [-0.2, -0.15) is 0 Å². The first-order valence-electron chi connectivity index (χ1n) is 5.42. The van der Waals surface area contributed by atoms with Gasteiger partial charge in [0.05, 0.1) is 5.56 Å². The van der Waals surface area contributed by atoms with Gasteiger partial charge in [0.25, 0.3) is 0 Å². The first-order valence-corrected chi connectivity index (χ1v) is 7.60. The van der Waals surface area contributed by atoms with Gasteiger partial charge in [-0.15, -0.1) is 11.3 Å². The number of pyridine rings is 1. The molecule has 0 aliphatic carbocycles. The van der Waals surface area contributed by atoms with Crippen LogP contribution in [0.3, 0.4) is 0 Å². The monoisotopic (exact) mass is 314 g/mol. The Kier molecular flexibility index (Phi) is 4.44. The van der Waals surface area contributed by atoms with E-state index in [9.17, 15) is 9.90 Å². The topological polar surface area (TPSA) is 63.1 Å². The molecule has 4 nitrogen and oxygen atoms in total. The lowest BCUT2D eigenvalue weighted by molar-refractivity contribution is 0.0691. The zero-order chi connectivity index (χ0) is 14.0. The highest BCUT2D eigenvalue weighted by Crippen LogP contribution is 2.30. The van der Waals surface area contributed by atoms with Crippen LogP contribution in [0, 0.1) is 13.8 Å². The van der Waals surface area contributed by atoms with E-state index in [4.69, 9.17) is 11.6 Å². The van der Waals surface area contributed by atoms with Crippen LogP contribution in [0.5, 0.6) is 0 Å². The molecule has 0 radical (unpaired) electrons. The van der Waals surface area contributed by atoms with Crippen molar-refractivity contribution in [2.75, 3.05) is 0 Å². The highest BCUT2D eigenvalue weighted by atomic mass is 35.5. The van der Waals surface area contributed by atoms with Crippen LogP contribution in [0.15, 0.2) is 17.3 Å². The van der Waals surface area contributed by atoms with Gasteiger partial charge in [0.15, 0.2) is 4.47 Å². The van der Waals surface area contributed by atoms with Crippen molar-refractivity contribution in [2.24, 2.45) is 0 Å². The van der Waals surface area contributed by atoms with E-state index in [0.717, 1.165) is 16.1 Å². The normalized spacial score (nSPS) is 10.7. The molecule has 0 aliphatic rings. The van der Waals surface area contributed by atoms with Crippen LogP contribution in [-0.2, 0) is 5.75 Å². The number of aryl methyl sites for hydroxylation is 2. The standard InChI is InChI=1S/C12H11ClN2O2S2/c1-6-3-7(2)15-10(9(6)11(16)17)18-5-8-4-14-12(13)19-8/h3-4H,5H2,1-2H3,(H,16,17). The van der Waals surface area contributed by atoms with E-state index in [-0.39, 0.29) is 5.56 Å². The van der Waals surface area contributed by atoms with Crippen molar-refractivity contribution in [2.45, 2.75) is 24.6 Å². The van der Waals surface area contributed by atoms with Crippen LogP contribution in [0.25, 0.3) is 0 Å². The Morgan fingerprint density at radius 1 is 1.53 bits per heavy atom. The molecule has 2 aromatic rings. The summed E-state index contributed by atoms with van der Waals surface area (Å²) in [5.74, 6) is -0.338. The van der Waals surface area contributed by atoms with Crippen molar-refractivity contribution >= 4 is 40.7 Å². The molecular formula is C12H11ClN2O2S2. The number of carboxylic acids is 1. The summed E-state index contributed by atoms with van der Waals surface area (Å²) in [6, 6.07) is 1.77. The largest absolute Gasteiger partial charge is 0.478 e. The molecule has 0 aliphatic heterocycles. The zero-order valence-electron chi connectivity index (χ0n) is 10.3. The molecule has 0 bridgehead atoms. The van der Waals surface area contributed by atoms with E-state index in [1.165, 1.54) is 23.1 Å². The number of hydrogen-bond acceptors (Lipinski definition) is 5. The molecular weight excluding hydrogens is 304 g/mol. The third kappa shape index (κ3) is 3.46. The van der Waals surface area contributed by atoms with E-state index in [1.807, 2.05) is 6.92 Å². The van der Waals surface area contributed by atoms with Crippen LogP contribution < -0.4 is 0 Å². The lowest BCUT2D eigenvalue weighted by Gasteiger charge is -2.08. The van der Waals surface area contributed by atoms with E-state index >= 15 is 0 Å². The number of aromatic carboxylic acids is 1. The Labute approximate surface area is 123 Å². The van der Waals surface area contributed by atoms with Gasteiger partial charge >= 0.3 is 5.97 Å². The van der Waals surface area contributed by atoms with Gasteiger partial charge in [0, 0.05) is 22.5 Å². The predicted octanol–water partition coefficient (Wildman–Crippen LogP) is 3.80. The molecule has 0 fully saturated rings. The number of hydrogen-bond donors (Lipinski definition) is 1. The number of carbonyl (C=O) groups is 1. The number of aromatic nitrogens is 2. The second-order valence-corrected chi connectivity index (χ2v) is 6.60. The number of halogens is 1. The molecule has 0 amide bonds. The summed E-state index contributed by atoms with van der Waals surface area (Å²) in [6.45, 7) is 3.64. The van der Waals surface area contributed by atoms with Crippen molar-refractivity contribution in [1.82, 2.24) is 9.97 Å². The minimum absolute atomic E-state index is 0.270. The third-order valence-corrected chi connectivity index (χ3v) is 4.72. The van der Waals surface area contributed by atoms with Crippen molar-refractivity contribution in [1.29, 1.82) is 0 Å². The maximum atomic E-state index is 11.3. The Hall–Kier alpha value is -1.11. The molecule has 1 N–H and O–H groups in total. The van der Waals surface area contributed by atoms with Gasteiger partial charge in [-0.3, -0.25) is 0 Å². The molecule has 0 saturated carbocycles. The molecule has 0 aromatic carbocycles. The van der Waals surface area contributed by atoms with Gasteiger partial charge in [-0.05, 0) is 25.5 Å². The number of carboxylic acid groups (broad SMARTS) is 1. The first-order chi connectivity index (χ1) is 8.97. The molecule has 100 valence electrons. The fraction of sp³-hybridized carbons (Fsp3) is 0.250. The van der Waals surface area contributed by atoms with Crippen molar-refractivity contribution < 1.29 is 9.90 Å². The number of nitrogens with zero attached hydrogens (tertiary/aromatic N) is 2. The number of rotatable bonds is 4. The summed E-state index contributed by atoms with van der Waals surface area (Å²) in [7, 11) is 0. The van der Waals surface area contributed by atoms with E-state index in [1.54, 1.807) is 19.2 Å². The predicted molar refractivity (Wildman–Crippen MR) is 77.4 cm³/mol. The zero-order valence-corrected chi connectivity index (χ0v) is 12.7. The number of thiazole rings is 1. The highest BCUT2D eigenvalue weighted by Gasteiger charge is 2.16. The van der Waals surface area contributed by atoms with Crippen LogP contribution in [0.2, 0.25) is 4.47 Å². The second-order valence-electron chi connectivity index (χ2n) is 3.93. The van der Waals surface area contributed by atoms with Crippen molar-refractivity contribution in [3.8, 4) is 0 Å². The molecule has 2 rings (SSSR count). The Morgan fingerprint density at radius 3 is 2.84 bits per heavy atom. The minimum atomic E-state index is -0.949. The SMILES string of the molecule is Cc1cc(C)c(C(=O)O)c(SCc2cnc(Cl)s2)n1. The van der Waals surface area contributed by atoms with Crippen LogP contribution >= 0.6 is 34.7 Å². The Bertz CT molecular complexity index is 628. The molecule has 0 saturated heterocycles. The molecule has 19 heavy (non-hydrogen) atoms. The average molecular weight is 315 g/mol. The summed E-state index contributed by atoms with van der Waals surface area (Å²) in [5.41, 5.74) is 1.81. The summed E-state index contributed by atoms with van der Waals surface area (Å²) < 4.78 is 0.488. The summed E-state index contributed by atoms with van der Waals surface area (Å²) in [5, 5.41) is 9.79. The van der Waals surface area contributed by atoms with Crippen LogP contribution in [0.4, 0.5) is 0 Å². The van der Waals surface area contributed by atoms with Gasteiger partial charge in [-0.1, -0.05) is 23.4 Å². The average Bonchev–Trinajstić information content (AvgIpc) is 2.71. The lowest BCUT2D eigenvalue weighted by Crippen LogP contribution is -2.05. The molecule has 0 atom stereocenters. The maximum Gasteiger partial charge on any atom is 0.338 e. The van der Waals surface area contributed by atoms with E-state index in [0.29, 0.717) is 15.2 Å². The van der Waals surface area contributed by atoms with Gasteiger partial charge in [0.1, 0.15) is 5.03 Å². The van der Waals surface area contributed by atoms with Crippen molar-refractivity contribution in [3.63, 3.8) is 0 Å². The minimum Gasteiger partial charge on any atom is -0.478 e.